The number of hydrogen-bond acceptors (Lipinski definition) is 1. The highest BCUT2D eigenvalue weighted by Crippen LogP contribution is 2.39. The largest absolute Gasteiger partial charge is 0.130 e. The molecular formula is C11H12S. The fraction of sp³-hybridized carbons (Fsp3) is 0.273. The van der Waals surface area contributed by atoms with Crippen LogP contribution in [0.1, 0.15) is 5.56 Å². The molecule has 12 heavy (non-hydrogen) atoms. The first kappa shape index (κ1) is 7.93. The SMILES string of the molecule is C=C1SCC1Cc1ccccc1. The van der Waals surface area contributed by atoms with Crippen LogP contribution >= 0.6 is 11.8 Å². The van der Waals surface area contributed by atoms with Crippen molar-refractivity contribution in [3.63, 3.8) is 0 Å². The van der Waals surface area contributed by atoms with Gasteiger partial charge in [0.05, 0.1) is 0 Å². The zero-order valence-electron chi connectivity index (χ0n) is 6.99. The molecule has 0 bridgehead atoms. The van der Waals surface area contributed by atoms with Crippen molar-refractivity contribution in [1.82, 2.24) is 0 Å². The first-order valence-electron chi connectivity index (χ1n) is 4.22. The van der Waals surface area contributed by atoms with Crippen LogP contribution < -0.4 is 0 Å². The van der Waals surface area contributed by atoms with E-state index < -0.39 is 0 Å². The van der Waals surface area contributed by atoms with Crippen molar-refractivity contribution in [3.8, 4) is 0 Å². The standard InChI is InChI=1S/C11H12S/c1-9-11(8-12-9)7-10-5-3-2-4-6-10/h2-6,11H,1,7-8H2. The predicted molar refractivity (Wildman–Crippen MR) is 55.2 cm³/mol. The molecule has 0 amide bonds. The van der Waals surface area contributed by atoms with E-state index in [0.717, 1.165) is 5.92 Å². The molecular weight excluding hydrogens is 164 g/mol. The summed E-state index contributed by atoms with van der Waals surface area (Å²) >= 11 is 1.89. The number of rotatable bonds is 2. The summed E-state index contributed by atoms with van der Waals surface area (Å²) in [6.45, 7) is 4.00. The van der Waals surface area contributed by atoms with Gasteiger partial charge < -0.3 is 0 Å². The molecule has 1 heteroatoms. The molecule has 1 aliphatic rings. The van der Waals surface area contributed by atoms with Crippen molar-refractivity contribution < 1.29 is 0 Å². The molecule has 1 heterocycles. The van der Waals surface area contributed by atoms with Gasteiger partial charge in [-0.05, 0) is 16.9 Å². The number of hydrogen-bond donors (Lipinski definition) is 0. The molecule has 1 fully saturated rings. The topological polar surface area (TPSA) is 0 Å². The second-order valence-corrected chi connectivity index (χ2v) is 4.31. The fourth-order valence-corrected chi connectivity index (χ4v) is 2.23. The van der Waals surface area contributed by atoms with Crippen molar-refractivity contribution in [2.24, 2.45) is 5.92 Å². The molecule has 1 aromatic carbocycles. The Balaban J connectivity index is 2.00. The molecule has 0 N–H and O–H groups in total. The van der Waals surface area contributed by atoms with Crippen molar-refractivity contribution in [1.29, 1.82) is 0 Å². The smallest absolute Gasteiger partial charge is 0.00537 e. The lowest BCUT2D eigenvalue weighted by Crippen LogP contribution is -2.17. The molecule has 1 atom stereocenters. The van der Waals surface area contributed by atoms with Crippen molar-refractivity contribution in [3.05, 3.63) is 47.4 Å². The summed E-state index contributed by atoms with van der Waals surface area (Å²) in [4.78, 5) is 1.36. The molecule has 1 unspecified atom stereocenters. The summed E-state index contributed by atoms with van der Waals surface area (Å²) in [6, 6.07) is 10.6. The lowest BCUT2D eigenvalue weighted by Gasteiger charge is -2.27. The van der Waals surface area contributed by atoms with E-state index in [2.05, 4.69) is 36.9 Å². The molecule has 0 nitrogen and oxygen atoms in total. The second kappa shape index (κ2) is 3.36. The van der Waals surface area contributed by atoms with E-state index in [1.807, 2.05) is 11.8 Å². The predicted octanol–water partition coefficient (Wildman–Crippen LogP) is 3.11. The van der Waals surface area contributed by atoms with E-state index in [1.54, 1.807) is 0 Å². The normalized spacial score (nSPS) is 22.0. The maximum atomic E-state index is 4.00. The van der Waals surface area contributed by atoms with Crippen LogP contribution in [-0.4, -0.2) is 5.75 Å². The monoisotopic (exact) mass is 176 g/mol. The third-order valence-electron chi connectivity index (χ3n) is 2.25. The van der Waals surface area contributed by atoms with Crippen LogP contribution in [0, 0.1) is 5.92 Å². The molecule has 0 aliphatic carbocycles. The quantitative estimate of drug-likeness (QED) is 0.667. The van der Waals surface area contributed by atoms with Gasteiger partial charge in [0.25, 0.3) is 0 Å². The maximum Gasteiger partial charge on any atom is 0.00537 e. The molecule has 0 radical (unpaired) electrons. The van der Waals surface area contributed by atoms with Crippen LogP contribution in [-0.2, 0) is 6.42 Å². The molecule has 1 saturated heterocycles. The highest BCUT2D eigenvalue weighted by Gasteiger charge is 2.22. The van der Waals surface area contributed by atoms with Crippen LogP contribution in [0.3, 0.4) is 0 Å². The molecule has 2 rings (SSSR count). The summed E-state index contributed by atoms with van der Waals surface area (Å²) in [5.41, 5.74) is 1.43. The highest BCUT2D eigenvalue weighted by atomic mass is 32.2. The van der Waals surface area contributed by atoms with Crippen LogP contribution in [0.15, 0.2) is 41.8 Å². The molecule has 62 valence electrons. The van der Waals surface area contributed by atoms with Crippen LogP contribution in [0.25, 0.3) is 0 Å². The molecule has 0 spiro atoms. The van der Waals surface area contributed by atoms with Gasteiger partial charge in [-0.15, -0.1) is 11.8 Å². The zero-order chi connectivity index (χ0) is 8.39. The van der Waals surface area contributed by atoms with Crippen LogP contribution in [0.4, 0.5) is 0 Å². The first-order chi connectivity index (χ1) is 5.86. The Kier molecular flexibility index (Phi) is 2.22. The van der Waals surface area contributed by atoms with Gasteiger partial charge in [0.15, 0.2) is 0 Å². The van der Waals surface area contributed by atoms with Crippen LogP contribution in [0.5, 0.6) is 0 Å². The van der Waals surface area contributed by atoms with E-state index in [0.29, 0.717) is 0 Å². The number of allylic oxidation sites excluding steroid dienone is 1. The van der Waals surface area contributed by atoms with Gasteiger partial charge in [-0.3, -0.25) is 0 Å². The summed E-state index contributed by atoms with van der Waals surface area (Å²) in [5, 5.41) is 0. The van der Waals surface area contributed by atoms with E-state index >= 15 is 0 Å². The van der Waals surface area contributed by atoms with Gasteiger partial charge in [0.1, 0.15) is 0 Å². The van der Waals surface area contributed by atoms with Crippen molar-refractivity contribution >= 4 is 11.8 Å². The lowest BCUT2D eigenvalue weighted by atomic mass is 10.0. The first-order valence-corrected chi connectivity index (χ1v) is 5.20. The molecule has 1 aromatic rings. The minimum absolute atomic E-state index is 0.734. The summed E-state index contributed by atoms with van der Waals surface area (Å²) in [5.74, 6) is 1.99. The molecule has 0 saturated carbocycles. The van der Waals surface area contributed by atoms with Crippen molar-refractivity contribution in [2.75, 3.05) is 5.75 Å². The summed E-state index contributed by atoms with van der Waals surface area (Å²) < 4.78 is 0. The Morgan fingerprint density at radius 1 is 1.33 bits per heavy atom. The van der Waals surface area contributed by atoms with Crippen molar-refractivity contribution in [2.45, 2.75) is 6.42 Å². The summed E-state index contributed by atoms with van der Waals surface area (Å²) in [7, 11) is 0. The zero-order valence-corrected chi connectivity index (χ0v) is 7.81. The second-order valence-electron chi connectivity index (χ2n) is 3.16. The molecule has 1 aliphatic heterocycles. The van der Waals surface area contributed by atoms with Gasteiger partial charge in [-0.2, -0.15) is 0 Å². The Hall–Kier alpha value is -0.690. The maximum absolute atomic E-state index is 4.00. The minimum atomic E-state index is 0.734. The molecule has 0 aromatic heterocycles. The van der Waals surface area contributed by atoms with E-state index in [4.69, 9.17) is 0 Å². The summed E-state index contributed by atoms with van der Waals surface area (Å²) in [6.07, 6.45) is 1.17. The Labute approximate surface area is 77.7 Å². The Morgan fingerprint density at radius 3 is 2.58 bits per heavy atom. The van der Waals surface area contributed by atoms with Gasteiger partial charge in [-0.25, -0.2) is 0 Å². The number of thioether (sulfide) groups is 1. The van der Waals surface area contributed by atoms with E-state index in [1.165, 1.54) is 22.6 Å². The third kappa shape index (κ3) is 1.56. The number of benzene rings is 1. The third-order valence-corrected chi connectivity index (χ3v) is 3.52. The minimum Gasteiger partial charge on any atom is -0.130 e. The van der Waals surface area contributed by atoms with Crippen LogP contribution in [0.2, 0.25) is 0 Å². The highest BCUT2D eigenvalue weighted by molar-refractivity contribution is 8.04. The van der Waals surface area contributed by atoms with Gasteiger partial charge in [0, 0.05) is 11.7 Å². The average Bonchev–Trinajstić information content (AvgIpc) is 2.14. The van der Waals surface area contributed by atoms with Gasteiger partial charge >= 0.3 is 0 Å². The Bertz CT molecular complexity index is 276. The Morgan fingerprint density at radius 2 is 2.08 bits per heavy atom. The van der Waals surface area contributed by atoms with E-state index in [-0.39, 0.29) is 0 Å². The average molecular weight is 176 g/mol. The fourth-order valence-electron chi connectivity index (χ4n) is 1.39. The van der Waals surface area contributed by atoms with Gasteiger partial charge in [-0.1, -0.05) is 36.9 Å². The van der Waals surface area contributed by atoms with Gasteiger partial charge in [0.2, 0.25) is 0 Å². The lowest BCUT2D eigenvalue weighted by molar-refractivity contribution is 0.699. The van der Waals surface area contributed by atoms with E-state index in [9.17, 15) is 0 Å².